The van der Waals surface area contributed by atoms with Crippen LogP contribution in [-0.2, 0) is 0 Å². The second kappa shape index (κ2) is 5.21. The van der Waals surface area contributed by atoms with Crippen LogP contribution in [0.4, 0.5) is 8.78 Å². The summed E-state index contributed by atoms with van der Waals surface area (Å²) in [4.78, 5) is 0. The molecule has 0 amide bonds. The van der Waals surface area contributed by atoms with E-state index in [9.17, 15) is 8.78 Å². The summed E-state index contributed by atoms with van der Waals surface area (Å²) in [5.74, 6) is -0.849. The van der Waals surface area contributed by atoms with E-state index in [2.05, 4.69) is 0 Å². The predicted octanol–water partition coefficient (Wildman–Crippen LogP) is 3.53. The summed E-state index contributed by atoms with van der Waals surface area (Å²) in [5, 5.41) is 0. The fourth-order valence-corrected chi connectivity index (χ4v) is 2.69. The average molecular weight is 275 g/mol. The fraction of sp³-hybridized carbons (Fsp3) is 0.250. The molecule has 104 valence electrons. The molecule has 0 aromatic heterocycles. The maximum absolute atomic E-state index is 13.3. The average Bonchev–Trinajstić information content (AvgIpc) is 2.49. The van der Waals surface area contributed by atoms with E-state index in [0.717, 1.165) is 23.8 Å². The molecular weight excluding hydrogens is 260 g/mol. The van der Waals surface area contributed by atoms with Crippen LogP contribution in [0.3, 0.4) is 0 Å². The van der Waals surface area contributed by atoms with Crippen LogP contribution in [0, 0.1) is 11.6 Å². The molecular formula is C16H15F2NO. The zero-order valence-corrected chi connectivity index (χ0v) is 10.9. The Morgan fingerprint density at radius 2 is 1.90 bits per heavy atom. The maximum Gasteiger partial charge on any atom is 0.159 e. The number of nitrogens with two attached hydrogens (primary N) is 1. The van der Waals surface area contributed by atoms with Crippen molar-refractivity contribution in [1.29, 1.82) is 0 Å². The zero-order valence-electron chi connectivity index (χ0n) is 10.9. The minimum absolute atomic E-state index is 0.0461. The molecule has 0 spiro atoms. The highest BCUT2D eigenvalue weighted by molar-refractivity contribution is 5.40. The van der Waals surface area contributed by atoms with Gasteiger partial charge in [0.15, 0.2) is 11.6 Å². The second-order valence-electron chi connectivity index (χ2n) is 4.98. The first-order chi connectivity index (χ1) is 9.66. The molecule has 2 N–H and O–H groups in total. The summed E-state index contributed by atoms with van der Waals surface area (Å²) < 4.78 is 31.9. The normalized spacial score (nSPS) is 19.1. The van der Waals surface area contributed by atoms with E-state index >= 15 is 0 Å². The first-order valence-corrected chi connectivity index (χ1v) is 6.59. The van der Waals surface area contributed by atoms with Crippen molar-refractivity contribution in [2.75, 3.05) is 6.61 Å². The standard InChI is InChI=1S/C16H15F2NO/c17-13-6-5-10(9-14(13)18)16(19)12-7-8-20-15-4-2-1-3-11(12)15/h1-6,9,12,16H,7-8,19H2. The molecule has 20 heavy (non-hydrogen) atoms. The molecule has 0 aliphatic carbocycles. The minimum atomic E-state index is -0.863. The maximum atomic E-state index is 13.3. The van der Waals surface area contributed by atoms with E-state index in [1.165, 1.54) is 6.07 Å². The van der Waals surface area contributed by atoms with Gasteiger partial charge in [0.2, 0.25) is 0 Å². The van der Waals surface area contributed by atoms with Crippen LogP contribution in [0.25, 0.3) is 0 Å². The van der Waals surface area contributed by atoms with Crippen molar-refractivity contribution in [1.82, 2.24) is 0 Å². The van der Waals surface area contributed by atoms with E-state index in [1.807, 2.05) is 24.3 Å². The van der Waals surface area contributed by atoms with Crippen molar-refractivity contribution < 1.29 is 13.5 Å². The van der Waals surface area contributed by atoms with Crippen LogP contribution in [0.5, 0.6) is 5.75 Å². The Bertz CT molecular complexity index is 630. The number of hydrogen-bond acceptors (Lipinski definition) is 2. The zero-order chi connectivity index (χ0) is 14.1. The van der Waals surface area contributed by atoms with Crippen molar-refractivity contribution >= 4 is 0 Å². The topological polar surface area (TPSA) is 35.2 Å². The molecule has 2 aromatic carbocycles. The van der Waals surface area contributed by atoms with Gasteiger partial charge in [-0.05, 0) is 35.7 Å². The SMILES string of the molecule is NC(c1ccc(F)c(F)c1)C1CCOc2ccccc21. The smallest absolute Gasteiger partial charge is 0.159 e. The minimum Gasteiger partial charge on any atom is -0.493 e. The van der Waals surface area contributed by atoms with Gasteiger partial charge in [0.25, 0.3) is 0 Å². The van der Waals surface area contributed by atoms with Gasteiger partial charge >= 0.3 is 0 Å². The van der Waals surface area contributed by atoms with Crippen LogP contribution in [0.2, 0.25) is 0 Å². The van der Waals surface area contributed by atoms with E-state index in [-0.39, 0.29) is 12.0 Å². The molecule has 1 aliphatic rings. The van der Waals surface area contributed by atoms with Crippen LogP contribution in [-0.4, -0.2) is 6.61 Å². The summed E-state index contributed by atoms with van der Waals surface area (Å²) >= 11 is 0. The Kier molecular flexibility index (Phi) is 3.40. The first-order valence-electron chi connectivity index (χ1n) is 6.59. The Morgan fingerprint density at radius 1 is 1.10 bits per heavy atom. The van der Waals surface area contributed by atoms with Crippen molar-refractivity contribution in [3.63, 3.8) is 0 Å². The summed E-state index contributed by atoms with van der Waals surface area (Å²) in [7, 11) is 0. The lowest BCUT2D eigenvalue weighted by Gasteiger charge is -2.30. The molecule has 2 nitrogen and oxygen atoms in total. The summed E-state index contributed by atoms with van der Waals surface area (Å²) in [5.41, 5.74) is 7.89. The Hall–Kier alpha value is -1.94. The third-order valence-corrected chi connectivity index (χ3v) is 3.77. The number of para-hydroxylation sites is 1. The van der Waals surface area contributed by atoms with E-state index in [0.29, 0.717) is 12.2 Å². The molecule has 0 bridgehead atoms. The van der Waals surface area contributed by atoms with Crippen LogP contribution < -0.4 is 10.5 Å². The van der Waals surface area contributed by atoms with E-state index in [4.69, 9.17) is 10.5 Å². The van der Waals surface area contributed by atoms with E-state index < -0.39 is 11.6 Å². The second-order valence-corrected chi connectivity index (χ2v) is 4.98. The molecule has 2 aromatic rings. The molecule has 0 saturated carbocycles. The number of fused-ring (bicyclic) bond motifs is 1. The molecule has 2 atom stereocenters. The molecule has 2 unspecified atom stereocenters. The van der Waals surface area contributed by atoms with Gasteiger partial charge in [-0.3, -0.25) is 0 Å². The highest BCUT2D eigenvalue weighted by Gasteiger charge is 2.27. The van der Waals surface area contributed by atoms with Crippen LogP contribution in [0.1, 0.15) is 29.5 Å². The third-order valence-electron chi connectivity index (χ3n) is 3.77. The summed E-state index contributed by atoms with van der Waals surface area (Å²) in [6.45, 7) is 0.582. The van der Waals surface area contributed by atoms with Gasteiger partial charge < -0.3 is 10.5 Å². The number of benzene rings is 2. The number of rotatable bonds is 2. The number of halogens is 2. The van der Waals surface area contributed by atoms with Gasteiger partial charge in [-0.25, -0.2) is 8.78 Å². The van der Waals surface area contributed by atoms with Gasteiger partial charge in [0.05, 0.1) is 6.61 Å². The molecule has 1 heterocycles. The van der Waals surface area contributed by atoms with Crippen LogP contribution in [0.15, 0.2) is 42.5 Å². The Morgan fingerprint density at radius 3 is 2.70 bits per heavy atom. The molecule has 3 rings (SSSR count). The highest BCUT2D eigenvalue weighted by Crippen LogP contribution is 2.40. The van der Waals surface area contributed by atoms with E-state index in [1.54, 1.807) is 6.07 Å². The van der Waals surface area contributed by atoms with Gasteiger partial charge in [-0.2, -0.15) is 0 Å². The highest BCUT2D eigenvalue weighted by atomic mass is 19.2. The van der Waals surface area contributed by atoms with Crippen molar-refractivity contribution in [2.45, 2.75) is 18.4 Å². The van der Waals surface area contributed by atoms with Crippen LogP contribution >= 0.6 is 0 Å². The predicted molar refractivity (Wildman–Crippen MR) is 72.6 cm³/mol. The van der Waals surface area contributed by atoms with Gasteiger partial charge in [-0.1, -0.05) is 24.3 Å². The van der Waals surface area contributed by atoms with Gasteiger partial charge in [0, 0.05) is 12.0 Å². The summed E-state index contributed by atoms with van der Waals surface area (Å²) in [6, 6.07) is 11.2. The quantitative estimate of drug-likeness (QED) is 0.910. The molecule has 1 aliphatic heterocycles. The lowest BCUT2D eigenvalue weighted by atomic mass is 9.84. The Labute approximate surface area is 116 Å². The Balaban J connectivity index is 1.95. The van der Waals surface area contributed by atoms with Crippen molar-refractivity contribution in [2.24, 2.45) is 5.73 Å². The molecule has 0 radical (unpaired) electrons. The van der Waals surface area contributed by atoms with Crippen molar-refractivity contribution in [3.8, 4) is 5.75 Å². The summed E-state index contributed by atoms with van der Waals surface area (Å²) in [6.07, 6.45) is 0.761. The lowest BCUT2D eigenvalue weighted by molar-refractivity contribution is 0.255. The lowest BCUT2D eigenvalue weighted by Crippen LogP contribution is -2.25. The molecule has 0 fully saturated rings. The largest absolute Gasteiger partial charge is 0.493 e. The van der Waals surface area contributed by atoms with Gasteiger partial charge in [-0.15, -0.1) is 0 Å². The number of ether oxygens (including phenoxy) is 1. The van der Waals surface area contributed by atoms with Crippen molar-refractivity contribution in [3.05, 3.63) is 65.2 Å². The molecule has 4 heteroatoms. The fourth-order valence-electron chi connectivity index (χ4n) is 2.69. The molecule has 0 saturated heterocycles. The number of hydrogen-bond donors (Lipinski definition) is 1. The van der Waals surface area contributed by atoms with Gasteiger partial charge in [0.1, 0.15) is 5.75 Å². The third kappa shape index (κ3) is 2.27. The monoisotopic (exact) mass is 275 g/mol. The first kappa shape index (κ1) is 13.1.